The summed E-state index contributed by atoms with van der Waals surface area (Å²) in [6, 6.07) is 7.31. The molecule has 1 aromatic carbocycles. The van der Waals surface area contributed by atoms with Gasteiger partial charge in [-0.05, 0) is 11.3 Å². The number of aromatic nitrogens is 6. The third-order valence-corrected chi connectivity index (χ3v) is 2.79. The van der Waals surface area contributed by atoms with Gasteiger partial charge in [-0.1, -0.05) is 18.2 Å². The van der Waals surface area contributed by atoms with E-state index in [1.165, 1.54) is 10.9 Å². The molecule has 2 heterocycles. The quantitative estimate of drug-likeness (QED) is 0.720. The summed E-state index contributed by atoms with van der Waals surface area (Å²) in [5.74, 6) is 0.512. The van der Waals surface area contributed by atoms with Gasteiger partial charge in [0, 0.05) is 24.4 Å². The lowest BCUT2D eigenvalue weighted by atomic mass is 10.1. The first kappa shape index (κ1) is 12.0. The molecule has 8 nitrogen and oxygen atoms in total. The van der Waals surface area contributed by atoms with Crippen molar-refractivity contribution in [2.45, 2.75) is 0 Å². The lowest BCUT2D eigenvalue weighted by Gasteiger charge is -2.00. The van der Waals surface area contributed by atoms with E-state index in [2.05, 4.69) is 30.9 Å². The van der Waals surface area contributed by atoms with E-state index >= 15 is 0 Å². The van der Waals surface area contributed by atoms with Gasteiger partial charge in [0.1, 0.15) is 6.33 Å². The number of aromatic amines is 1. The first-order valence-electron chi connectivity index (χ1n) is 5.88. The maximum atomic E-state index is 11.5. The summed E-state index contributed by atoms with van der Waals surface area (Å²) in [6.07, 6.45) is 3.13. The normalized spacial score (nSPS) is 10.4. The van der Waals surface area contributed by atoms with Gasteiger partial charge in [0.15, 0.2) is 0 Å². The SMILES string of the molecule is CNC(=O)n1cnc(-c2cccc(-c3nn[nH]n3)c2)c1. The molecule has 8 heteroatoms. The Morgan fingerprint density at radius 1 is 1.35 bits per heavy atom. The van der Waals surface area contributed by atoms with Crippen LogP contribution in [0.15, 0.2) is 36.8 Å². The minimum absolute atomic E-state index is 0.238. The molecule has 3 rings (SSSR count). The second kappa shape index (κ2) is 4.92. The Morgan fingerprint density at radius 2 is 2.20 bits per heavy atom. The van der Waals surface area contributed by atoms with Gasteiger partial charge in [-0.15, -0.1) is 10.2 Å². The van der Waals surface area contributed by atoms with Crippen LogP contribution in [0.4, 0.5) is 4.79 Å². The van der Waals surface area contributed by atoms with Crippen LogP contribution in [0, 0.1) is 0 Å². The Morgan fingerprint density at radius 3 is 2.95 bits per heavy atom. The molecule has 0 unspecified atom stereocenters. The number of benzene rings is 1. The monoisotopic (exact) mass is 269 g/mol. The van der Waals surface area contributed by atoms with Crippen molar-refractivity contribution in [2.24, 2.45) is 0 Å². The van der Waals surface area contributed by atoms with Gasteiger partial charge < -0.3 is 5.32 Å². The fourth-order valence-electron chi connectivity index (χ4n) is 1.81. The molecule has 1 amide bonds. The van der Waals surface area contributed by atoms with E-state index in [1.807, 2.05) is 24.3 Å². The van der Waals surface area contributed by atoms with E-state index in [-0.39, 0.29) is 6.03 Å². The predicted octanol–water partition coefficient (Wildman–Crippen LogP) is 0.918. The number of rotatable bonds is 2. The molecule has 0 saturated heterocycles. The van der Waals surface area contributed by atoms with Crippen LogP contribution in [-0.2, 0) is 0 Å². The molecule has 2 aromatic heterocycles. The van der Waals surface area contributed by atoms with E-state index in [4.69, 9.17) is 0 Å². The number of carbonyl (C=O) groups excluding carboxylic acids is 1. The smallest absolute Gasteiger partial charge is 0.326 e. The van der Waals surface area contributed by atoms with E-state index in [1.54, 1.807) is 13.2 Å². The van der Waals surface area contributed by atoms with Gasteiger partial charge >= 0.3 is 6.03 Å². The van der Waals surface area contributed by atoms with Crippen molar-refractivity contribution in [2.75, 3.05) is 7.05 Å². The lowest BCUT2D eigenvalue weighted by Crippen LogP contribution is -2.22. The minimum Gasteiger partial charge on any atom is -0.340 e. The predicted molar refractivity (Wildman–Crippen MR) is 70.7 cm³/mol. The van der Waals surface area contributed by atoms with Crippen LogP contribution in [0.5, 0.6) is 0 Å². The Bertz CT molecular complexity index is 732. The molecule has 0 aliphatic rings. The Labute approximate surface area is 113 Å². The highest BCUT2D eigenvalue weighted by atomic mass is 16.2. The van der Waals surface area contributed by atoms with E-state index in [0.717, 1.165) is 11.1 Å². The second-order valence-corrected chi connectivity index (χ2v) is 4.04. The molecule has 0 fully saturated rings. The molecule has 0 aliphatic heterocycles. The molecule has 2 N–H and O–H groups in total. The minimum atomic E-state index is -0.238. The van der Waals surface area contributed by atoms with Gasteiger partial charge in [-0.2, -0.15) is 5.21 Å². The van der Waals surface area contributed by atoms with Crippen LogP contribution in [0.25, 0.3) is 22.6 Å². The van der Waals surface area contributed by atoms with Crippen LogP contribution < -0.4 is 5.32 Å². The first-order chi connectivity index (χ1) is 9.78. The van der Waals surface area contributed by atoms with Gasteiger partial charge in [0.25, 0.3) is 0 Å². The highest BCUT2D eigenvalue weighted by Gasteiger charge is 2.09. The fourth-order valence-corrected chi connectivity index (χ4v) is 1.81. The number of hydrogen-bond acceptors (Lipinski definition) is 5. The number of hydrogen-bond donors (Lipinski definition) is 2. The van der Waals surface area contributed by atoms with Crippen LogP contribution in [0.2, 0.25) is 0 Å². The molecule has 20 heavy (non-hydrogen) atoms. The van der Waals surface area contributed by atoms with E-state index in [0.29, 0.717) is 11.5 Å². The highest BCUT2D eigenvalue weighted by molar-refractivity contribution is 5.78. The maximum absolute atomic E-state index is 11.5. The number of amides is 1. The molecule has 0 spiro atoms. The number of carbonyl (C=O) groups is 1. The molecule has 0 atom stereocenters. The second-order valence-electron chi connectivity index (χ2n) is 4.04. The van der Waals surface area contributed by atoms with Gasteiger partial charge in [0.05, 0.1) is 5.69 Å². The van der Waals surface area contributed by atoms with Crippen molar-refractivity contribution < 1.29 is 4.79 Å². The summed E-state index contributed by atoms with van der Waals surface area (Å²) < 4.78 is 1.39. The van der Waals surface area contributed by atoms with Crippen LogP contribution in [-0.4, -0.2) is 43.3 Å². The summed E-state index contributed by atoms with van der Waals surface area (Å²) in [6.45, 7) is 0. The zero-order valence-electron chi connectivity index (χ0n) is 10.6. The third-order valence-electron chi connectivity index (χ3n) is 2.79. The number of nitrogens with one attached hydrogen (secondary N) is 2. The fraction of sp³-hybridized carbons (Fsp3) is 0.0833. The Kier molecular flexibility index (Phi) is 2.96. The van der Waals surface area contributed by atoms with Crippen molar-refractivity contribution in [1.29, 1.82) is 0 Å². The summed E-state index contributed by atoms with van der Waals surface area (Å²) in [5.41, 5.74) is 2.39. The first-order valence-corrected chi connectivity index (χ1v) is 5.88. The molecule has 0 radical (unpaired) electrons. The van der Waals surface area contributed by atoms with Crippen molar-refractivity contribution >= 4 is 6.03 Å². The molecule has 100 valence electrons. The maximum Gasteiger partial charge on any atom is 0.326 e. The average molecular weight is 269 g/mol. The number of tetrazole rings is 1. The topological polar surface area (TPSA) is 101 Å². The van der Waals surface area contributed by atoms with Crippen molar-refractivity contribution in [3.63, 3.8) is 0 Å². The van der Waals surface area contributed by atoms with Gasteiger partial charge in [-0.3, -0.25) is 4.57 Å². The number of imidazole rings is 1. The van der Waals surface area contributed by atoms with E-state index < -0.39 is 0 Å². The lowest BCUT2D eigenvalue weighted by molar-refractivity contribution is 0.244. The summed E-state index contributed by atoms with van der Waals surface area (Å²) in [5, 5.41) is 16.3. The molecular weight excluding hydrogens is 258 g/mol. The number of nitrogens with zero attached hydrogens (tertiary/aromatic N) is 5. The van der Waals surface area contributed by atoms with E-state index in [9.17, 15) is 4.79 Å². The van der Waals surface area contributed by atoms with Crippen molar-refractivity contribution in [1.82, 2.24) is 35.5 Å². The van der Waals surface area contributed by atoms with Crippen LogP contribution in [0.3, 0.4) is 0 Å². The van der Waals surface area contributed by atoms with Crippen LogP contribution in [0.1, 0.15) is 0 Å². The third kappa shape index (κ3) is 2.14. The van der Waals surface area contributed by atoms with Crippen molar-refractivity contribution in [3.05, 3.63) is 36.8 Å². The summed E-state index contributed by atoms with van der Waals surface area (Å²) in [7, 11) is 1.57. The van der Waals surface area contributed by atoms with Gasteiger partial charge in [-0.25, -0.2) is 9.78 Å². The Balaban J connectivity index is 1.96. The largest absolute Gasteiger partial charge is 0.340 e. The zero-order valence-corrected chi connectivity index (χ0v) is 10.6. The summed E-state index contributed by atoms with van der Waals surface area (Å²) in [4.78, 5) is 15.7. The molecule has 0 saturated carbocycles. The average Bonchev–Trinajstić information content (AvgIpc) is 3.18. The van der Waals surface area contributed by atoms with Gasteiger partial charge in [0.2, 0.25) is 5.82 Å². The zero-order chi connectivity index (χ0) is 13.9. The molecule has 0 bridgehead atoms. The molecule has 3 aromatic rings. The van der Waals surface area contributed by atoms with Crippen molar-refractivity contribution in [3.8, 4) is 22.6 Å². The molecular formula is C12H11N7O. The highest BCUT2D eigenvalue weighted by Crippen LogP contribution is 2.22. The standard InChI is InChI=1S/C12H11N7O/c1-13-12(20)19-6-10(14-7-19)8-3-2-4-9(5-8)11-15-17-18-16-11/h2-7H,1H3,(H,13,20)(H,15,16,17,18). The number of H-pyrrole nitrogens is 1. The van der Waals surface area contributed by atoms with Crippen LogP contribution >= 0.6 is 0 Å². The Hall–Kier alpha value is -3.03. The molecule has 0 aliphatic carbocycles. The summed E-state index contributed by atoms with van der Waals surface area (Å²) >= 11 is 0.